The smallest absolute Gasteiger partial charge is 0.243 e. The Bertz CT molecular complexity index is 483. The van der Waals surface area contributed by atoms with Crippen molar-refractivity contribution in [2.75, 3.05) is 66.6 Å². The van der Waals surface area contributed by atoms with Gasteiger partial charge in [-0.15, -0.1) is 0 Å². The van der Waals surface area contributed by atoms with Crippen LogP contribution in [0.5, 0.6) is 0 Å². The summed E-state index contributed by atoms with van der Waals surface area (Å²) in [6.07, 6.45) is 5.15. The molecule has 156 valence electrons. The van der Waals surface area contributed by atoms with E-state index in [-0.39, 0.29) is 12.5 Å². The Kier molecular flexibility index (Phi) is 8.83. The number of hydrogen-bond acceptors (Lipinski definition) is 4. The Hall–Kier alpha value is -1.34. The van der Waals surface area contributed by atoms with Gasteiger partial charge in [0.05, 0.1) is 13.2 Å². The van der Waals surface area contributed by atoms with Gasteiger partial charge >= 0.3 is 0 Å². The van der Waals surface area contributed by atoms with Crippen molar-refractivity contribution in [3.8, 4) is 0 Å². The Morgan fingerprint density at radius 3 is 2.48 bits per heavy atom. The van der Waals surface area contributed by atoms with Crippen LogP contribution in [0.3, 0.4) is 0 Å². The van der Waals surface area contributed by atoms with E-state index in [1.165, 1.54) is 25.7 Å². The lowest BCUT2D eigenvalue weighted by Crippen LogP contribution is -2.49. The molecule has 0 atom stereocenters. The van der Waals surface area contributed by atoms with E-state index >= 15 is 0 Å². The van der Waals surface area contributed by atoms with Gasteiger partial charge in [-0.2, -0.15) is 0 Å². The quantitative estimate of drug-likeness (QED) is 0.463. The summed E-state index contributed by atoms with van der Waals surface area (Å²) in [7, 11) is 3.53. The fourth-order valence-electron chi connectivity index (χ4n) is 3.89. The number of hydrogen-bond donors (Lipinski definition) is 2. The van der Waals surface area contributed by atoms with Crippen molar-refractivity contribution >= 4 is 11.9 Å². The molecule has 1 aliphatic carbocycles. The Morgan fingerprint density at radius 1 is 1.22 bits per heavy atom. The third-order valence-corrected chi connectivity index (χ3v) is 5.58. The van der Waals surface area contributed by atoms with Gasteiger partial charge in [-0.3, -0.25) is 9.69 Å². The first-order valence-corrected chi connectivity index (χ1v) is 10.4. The molecule has 2 rings (SSSR count). The highest BCUT2D eigenvalue weighted by Crippen LogP contribution is 2.45. The number of morpholine rings is 1. The number of nitrogens with one attached hydrogen (secondary N) is 2. The van der Waals surface area contributed by atoms with Gasteiger partial charge in [0.15, 0.2) is 5.96 Å². The minimum Gasteiger partial charge on any atom is -0.379 e. The lowest BCUT2D eigenvalue weighted by atomic mass is 9.64. The highest BCUT2D eigenvalue weighted by molar-refractivity contribution is 5.84. The average Bonchev–Trinajstić information content (AvgIpc) is 2.61. The number of guanidine groups is 1. The molecule has 27 heavy (non-hydrogen) atoms. The van der Waals surface area contributed by atoms with Gasteiger partial charge in [0.2, 0.25) is 5.91 Å². The molecule has 0 aromatic carbocycles. The highest BCUT2D eigenvalue weighted by atomic mass is 16.5. The van der Waals surface area contributed by atoms with Crippen LogP contribution in [-0.4, -0.2) is 88.2 Å². The minimum absolute atomic E-state index is 0.0183. The van der Waals surface area contributed by atoms with E-state index in [2.05, 4.69) is 34.4 Å². The van der Waals surface area contributed by atoms with E-state index in [1.54, 1.807) is 19.0 Å². The second-order valence-corrected chi connectivity index (χ2v) is 8.64. The molecule has 1 saturated heterocycles. The summed E-state index contributed by atoms with van der Waals surface area (Å²) in [5, 5.41) is 6.95. The Morgan fingerprint density at radius 2 is 1.93 bits per heavy atom. The molecule has 1 aliphatic heterocycles. The number of aliphatic imine (C=N–C) groups is 1. The average molecular weight is 382 g/mol. The van der Waals surface area contributed by atoms with Crippen LogP contribution in [-0.2, 0) is 9.53 Å². The van der Waals surface area contributed by atoms with Gasteiger partial charge in [0.1, 0.15) is 6.54 Å². The van der Waals surface area contributed by atoms with Gasteiger partial charge in [0, 0.05) is 46.8 Å². The van der Waals surface area contributed by atoms with Crippen molar-refractivity contribution in [1.29, 1.82) is 0 Å². The van der Waals surface area contributed by atoms with Crippen LogP contribution in [0.2, 0.25) is 0 Å². The number of carbonyl (C=O) groups is 1. The molecular weight excluding hydrogens is 342 g/mol. The van der Waals surface area contributed by atoms with Gasteiger partial charge < -0.3 is 20.3 Å². The normalized spacial score (nSPS) is 20.3. The van der Waals surface area contributed by atoms with Crippen LogP contribution in [0.1, 0.15) is 39.5 Å². The van der Waals surface area contributed by atoms with Crippen LogP contribution in [0, 0.1) is 11.3 Å². The summed E-state index contributed by atoms with van der Waals surface area (Å²) in [4.78, 5) is 20.4. The molecule has 0 spiro atoms. The molecule has 2 N–H and O–H groups in total. The lowest BCUT2D eigenvalue weighted by molar-refractivity contribution is -0.127. The monoisotopic (exact) mass is 381 g/mol. The summed E-state index contributed by atoms with van der Waals surface area (Å²) < 4.78 is 5.40. The lowest BCUT2D eigenvalue weighted by Gasteiger charge is -2.43. The highest BCUT2D eigenvalue weighted by Gasteiger charge is 2.37. The van der Waals surface area contributed by atoms with Gasteiger partial charge in [-0.05, 0) is 30.6 Å². The van der Waals surface area contributed by atoms with Crippen molar-refractivity contribution in [1.82, 2.24) is 20.4 Å². The maximum Gasteiger partial charge on any atom is 0.243 e. The summed E-state index contributed by atoms with van der Waals surface area (Å²) in [5.74, 6) is 1.48. The zero-order valence-corrected chi connectivity index (χ0v) is 17.7. The van der Waals surface area contributed by atoms with Crippen LogP contribution in [0.25, 0.3) is 0 Å². The summed E-state index contributed by atoms with van der Waals surface area (Å²) in [6.45, 7) is 11.1. The number of nitrogens with zero attached hydrogens (tertiary/aromatic N) is 3. The molecule has 0 unspecified atom stereocenters. The van der Waals surface area contributed by atoms with E-state index < -0.39 is 0 Å². The van der Waals surface area contributed by atoms with E-state index in [9.17, 15) is 4.79 Å². The molecule has 0 bridgehead atoms. The van der Waals surface area contributed by atoms with Crippen LogP contribution in [0.4, 0.5) is 0 Å². The standard InChI is InChI=1S/C20H39N5O2/c1-17(2)14-20(6-5-7-20)16-23-19(22-15-18(26)24(3)4)21-8-9-25-10-12-27-13-11-25/h17H,5-16H2,1-4H3,(H2,21,22,23). The number of amides is 1. The zero-order valence-electron chi connectivity index (χ0n) is 17.7. The molecule has 7 heteroatoms. The van der Waals surface area contributed by atoms with Crippen LogP contribution >= 0.6 is 0 Å². The zero-order chi connectivity index (χ0) is 19.7. The fourth-order valence-corrected chi connectivity index (χ4v) is 3.89. The maximum absolute atomic E-state index is 11.9. The maximum atomic E-state index is 11.9. The Balaban J connectivity index is 1.86. The van der Waals surface area contributed by atoms with E-state index in [4.69, 9.17) is 4.74 Å². The van der Waals surface area contributed by atoms with Crippen LogP contribution in [0.15, 0.2) is 4.99 Å². The van der Waals surface area contributed by atoms with Gasteiger partial charge in [0.25, 0.3) is 0 Å². The summed E-state index contributed by atoms with van der Waals surface area (Å²) in [5.41, 5.74) is 0.395. The predicted octanol–water partition coefficient (Wildman–Crippen LogP) is 1.16. The number of ether oxygens (including phenoxy) is 1. The Labute approximate surface area is 164 Å². The molecule has 2 fully saturated rings. The van der Waals surface area contributed by atoms with Gasteiger partial charge in [-0.1, -0.05) is 20.3 Å². The first kappa shape index (κ1) is 22.0. The van der Waals surface area contributed by atoms with Gasteiger partial charge in [-0.25, -0.2) is 4.99 Å². The molecular formula is C20H39N5O2. The first-order valence-electron chi connectivity index (χ1n) is 10.4. The third-order valence-electron chi connectivity index (χ3n) is 5.58. The van der Waals surface area contributed by atoms with E-state index in [0.29, 0.717) is 11.3 Å². The minimum atomic E-state index is 0.0183. The second kappa shape index (κ2) is 10.9. The number of carbonyl (C=O) groups excluding carboxylic acids is 1. The van der Waals surface area contributed by atoms with Crippen molar-refractivity contribution in [2.24, 2.45) is 16.3 Å². The molecule has 1 amide bonds. The molecule has 7 nitrogen and oxygen atoms in total. The first-order chi connectivity index (χ1) is 12.9. The molecule has 0 aromatic rings. The van der Waals surface area contributed by atoms with E-state index in [0.717, 1.165) is 51.9 Å². The van der Waals surface area contributed by atoms with Crippen molar-refractivity contribution < 1.29 is 9.53 Å². The number of rotatable bonds is 9. The molecule has 2 aliphatic rings. The fraction of sp³-hybridized carbons (Fsp3) is 0.900. The van der Waals surface area contributed by atoms with Crippen molar-refractivity contribution in [2.45, 2.75) is 39.5 Å². The second-order valence-electron chi connectivity index (χ2n) is 8.64. The molecule has 1 saturated carbocycles. The SMILES string of the molecule is CC(C)CC1(CNC(=NCC(=O)N(C)C)NCCN2CCOCC2)CCC1. The molecule has 0 aromatic heterocycles. The number of likely N-dealkylation sites (N-methyl/N-ethyl adjacent to an activating group) is 1. The third kappa shape index (κ3) is 7.66. The van der Waals surface area contributed by atoms with Crippen LogP contribution < -0.4 is 10.6 Å². The predicted molar refractivity (Wildman–Crippen MR) is 110 cm³/mol. The largest absolute Gasteiger partial charge is 0.379 e. The molecule has 0 radical (unpaired) electrons. The summed E-state index contributed by atoms with van der Waals surface area (Å²) in [6, 6.07) is 0. The van der Waals surface area contributed by atoms with Crippen molar-refractivity contribution in [3.63, 3.8) is 0 Å². The van der Waals surface area contributed by atoms with Crippen molar-refractivity contribution in [3.05, 3.63) is 0 Å². The topological polar surface area (TPSA) is 69.2 Å². The van der Waals surface area contributed by atoms with E-state index in [1.807, 2.05) is 0 Å². The summed E-state index contributed by atoms with van der Waals surface area (Å²) >= 11 is 0. The molecule has 1 heterocycles.